The van der Waals surface area contributed by atoms with Gasteiger partial charge in [-0.05, 0) is 88.5 Å². The van der Waals surface area contributed by atoms with Gasteiger partial charge in [-0.1, -0.05) is 11.6 Å². The molecule has 4 aliphatic rings. The average molecular weight is 491 g/mol. The van der Waals surface area contributed by atoms with E-state index in [1.54, 1.807) is 19.3 Å². The minimum atomic E-state index is -0.515. The normalized spacial score (nSPS) is 27.5. The second kappa shape index (κ2) is 10.0. The van der Waals surface area contributed by atoms with Gasteiger partial charge < -0.3 is 20.3 Å². The lowest BCUT2D eigenvalue weighted by atomic mass is 9.49. The summed E-state index contributed by atoms with van der Waals surface area (Å²) in [5.41, 5.74) is 0.987. The Morgan fingerprint density at radius 3 is 2.38 bits per heavy atom. The molecule has 0 radical (unpaired) electrons. The van der Waals surface area contributed by atoms with Crippen molar-refractivity contribution in [1.82, 2.24) is 20.5 Å². The van der Waals surface area contributed by atoms with Crippen LogP contribution in [0, 0.1) is 23.2 Å². The number of halogens is 1. The zero-order chi connectivity index (χ0) is 24.5. The molecule has 0 aliphatic heterocycles. The van der Waals surface area contributed by atoms with E-state index in [1.807, 2.05) is 20.8 Å². The molecule has 0 atom stereocenters. The second-order valence-electron chi connectivity index (χ2n) is 11.8. The van der Waals surface area contributed by atoms with Crippen LogP contribution in [-0.4, -0.2) is 54.2 Å². The Bertz CT molecular complexity index is 879. The number of carbonyl (C=O) groups is 2. The number of amides is 2. The summed E-state index contributed by atoms with van der Waals surface area (Å²) in [4.78, 5) is 31.0. The molecule has 0 unspecified atom stereocenters. The Balaban J connectivity index is 1.26. The van der Waals surface area contributed by atoms with Gasteiger partial charge >= 0.3 is 6.09 Å². The fraction of sp³-hybridized carbons (Fsp3) is 0.731. The van der Waals surface area contributed by atoms with Gasteiger partial charge in [0, 0.05) is 39.4 Å². The lowest BCUT2D eigenvalue weighted by Crippen LogP contribution is -2.51. The monoisotopic (exact) mass is 490 g/mol. The zero-order valence-corrected chi connectivity index (χ0v) is 21.7. The fourth-order valence-electron chi connectivity index (χ4n) is 6.52. The van der Waals surface area contributed by atoms with Crippen molar-refractivity contribution in [3.63, 3.8) is 0 Å². The SMILES string of the molecule is CN(CCNCc1cc(C(=O)NCC23CC4CC(CC(C4)C2)C3)c(Cl)cn1)C(=O)OC(C)(C)C. The van der Waals surface area contributed by atoms with Gasteiger partial charge in [-0.15, -0.1) is 0 Å². The van der Waals surface area contributed by atoms with Crippen LogP contribution in [0.3, 0.4) is 0 Å². The minimum absolute atomic E-state index is 0.117. The standard InChI is InChI=1S/C26H39ClN4O3/c1-25(2,3)34-24(33)31(4)6-5-28-14-20-10-21(22(27)15-29-20)23(32)30-16-26-11-17-7-18(12-26)9-19(8-17)13-26/h10,15,17-19,28H,5-9,11-14,16H2,1-4H3,(H,30,32). The number of hydrogen-bond donors (Lipinski definition) is 2. The first-order valence-electron chi connectivity index (χ1n) is 12.6. The molecule has 4 saturated carbocycles. The van der Waals surface area contributed by atoms with Crippen LogP contribution in [-0.2, 0) is 11.3 Å². The van der Waals surface area contributed by atoms with Crippen LogP contribution in [0.5, 0.6) is 0 Å². The summed E-state index contributed by atoms with van der Waals surface area (Å²) in [7, 11) is 1.71. The summed E-state index contributed by atoms with van der Waals surface area (Å²) in [6.45, 7) is 7.85. The van der Waals surface area contributed by atoms with Crippen molar-refractivity contribution in [3.8, 4) is 0 Å². The molecule has 1 heterocycles. The summed E-state index contributed by atoms with van der Waals surface area (Å²) in [6, 6.07) is 1.77. The highest BCUT2D eigenvalue weighted by atomic mass is 35.5. The van der Waals surface area contributed by atoms with E-state index in [1.165, 1.54) is 43.4 Å². The topological polar surface area (TPSA) is 83.6 Å². The van der Waals surface area contributed by atoms with Gasteiger partial charge in [-0.3, -0.25) is 9.78 Å². The first kappa shape index (κ1) is 25.2. The van der Waals surface area contributed by atoms with E-state index in [4.69, 9.17) is 16.3 Å². The Hall–Kier alpha value is -1.86. The van der Waals surface area contributed by atoms with Gasteiger partial charge in [0.25, 0.3) is 5.91 Å². The highest BCUT2D eigenvalue weighted by molar-refractivity contribution is 6.33. The number of nitrogens with one attached hydrogen (secondary N) is 2. The van der Waals surface area contributed by atoms with Crippen LogP contribution in [0.2, 0.25) is 5.02 Å². The van der Waals surface area contributed by atoms with E-state index in [9.17, 15) is 9.59 Å². The second-order valence-corrected chi connectivity index (χ2v) is 12.2. The summed E-state index contributed by atoms with van der Waals surface area (Å²) in [6.07, 6.45) is 9.17. The fourth-order valence-corrected chi connectivity index (χ4v) is 6.71. The molecule has 7 nitrogen and oxygen atoms in total. The van der Waals surface area contributed by atoms with Gasteiger partial charge in [-0.2, -0.15) is 0 Å². The lowest BCUT2D eigenvalue weighted by molar-refractivity contribution is -0.0503. The summed E-state index contributed by atoms with van der Waals surface area (Å²) < 4.78 is 5.36. The van der Waals surface area contributed by atoms with Crippen LogP contribution in [0.15, 0.2) is 12.3 Å². The third kappa shape index (κ3) is 6.22. The first-order chi connectivity index (χ1) is 16.0. The maximum absolute atomic E-state index is 13.0. The van der Waals surface area contributed by atoms with Crippen LogP contribution in [0.25, 0.3) is 0 Å². The Labute approximate surface area is 208 Å². The molecule has 0 spiro atoms. The highest BCUT2D eigenvalue weighted by Crippen LogP contribution is 2.59. The number of hydrogen-bond acceptors (Lipinski definition) is 5. The number of carbonyl (C=O) groups excluding carboxylic acids is 2. The molecule has 1 aromatic heterocycles. The highest BCUT2D eigenvalue weighted by Gasteiger charge is 2.50. The quantitative estimate of drug-likeness (QED) is 0.519. The number of aromatic nitrogens is 1. The Morgan fingerprint density at radius 2 is 1.79 bits per heavy atom. The molecule has 1 aromatic rings. The van der Waals surface area contributed by atoms with Crippen molar-refractivity contribution >= 4 is 23.6 Å². The Morgan fingerprint density at radius 1 is 1.18 bits per heavy atom. The number of pyridine rings is 1. The molecule has 8 heteroatoms. The van der Waals surface area contributed by atoms with Gasteiger partial charge in [0.05, 0.1) is 16.3 Å². The molecule has 34 heavy (non-hydrogen) atoms. The van der Waals surface area contributed by atoms with Crippen molar-refractivity contribution < 1.29 is 14.3 Å². The van der Waals surface area contributed by atoms with E-state index < -0.39 is 5.60 Å². The lowest BCUT2D eigenvalue weighted by Gasteiger charge is -2.56. The number of likely N-dealkylation sites (N-methyl/N-ethyl adjacent to an activating group) is 1. The van der Waals surface area contributed by atoms with Crippen LogP contribution in [0.4, 0.5) is 4.79 Å². The van der Waals surface area contributed by atoms with Gasteiger partial charge in [0.15, 0.2) is 0 Å². The van der Waals surface area contributed by atoms with Crippen molar-refractivity contribution in [3.05, 3.63) is 28.5 Å². The molecule has 2 amide bonds. The average Bonchev–Trinajstić information content (AvgIpc) is 2.74. The predicted molar refractivity (Wildman–Crippen MR) is 133 cm³/mol. The maximum Gasteiger partial charge on any atom is 0.410 e. The summed E-state index contributed by atoms with van der Waals surface area (Å²) in [5, 5.41) is 6.85. The van der Waals surface area contributed by atoms with E-state index in [0.29, 0.717) is 30.2 Å². The molecule has 4 bridgehead atoms. The van der Waals surface area contributed by atoms with Gasteiger partial charge in [-0.25, -0.2) is 4.79 Å². The molecular weight excluding hydrogens is 452 g/mol. The molecule has 0 saturated heterocycles. The van der Waals surface area contributed by atoms with E-state index >= 15 is 0 Å². The van der Waals surface area contributed by atoms with Crippen molar-refractivity contribution in [1.29, 1.82) is 0 Å². The molecular formula is C26H39ClN4O3. The summed E-state index contributed by atoms with van der Waals surface area (Å²) >= 11 is 6.33. The third-order valence-electron chi connectivity index (χ3n) is 7.58. The maximum atomic E-state index is 13.0. The number of rotatable bonds is 8. The minimum Gasteiger partial charge on any atom is -0.444 e. The molecule has 5 rings (SSSR count). The van der Waals surface area contributed by atoms with Crippen molar-refractivity contribution in [2.24, 2.45) is 23.2 Å². The molecule has 188 valence electrons. The summed E-state index contributed by atoms with van der Waals surface area (Å²) in [5.74, 6) is 2.47. The van der Waals surface area contributed by atoms with E-state index in [-0.39, 0.29) is 17.4 Å². The molecule has 2 N–H and O–H groups in total. The van der Waals surface area contributed by atoms with Crippen LogP contribution < -0.4 is 10.6 Å². The van der Waals surface area contributed by atoms with Crippen molar-refractivity contribution in [2.45, 2.75) is 71.4 Å². The molecule has 4 fully saturated rings. The van der Waals surface area contributed by atoms with E-state index in [0.717, 1.165) is 30.0 Å². The van der Waals surface area contributed by atoms with E-state index in [2.05, 4.69) is 15.6 Å². The first-order valence-corrected chi connectivity index (χ1v) is 13.0. The van der Waals surface area contributed by atoms with Crippen molar-refractivity contribution in [2.75, 3.05) is 26.7 Å². The van der Waals surface area contributed by atoms with Crippen LogP contribution in [0.1, 0.15) is 75.3 Å². The Kier molecular flexibility index (Phi) is 7.44. The predicted octanol–water partition coefficient (Wildman–Crippen LogP) is 4.64. The van der Waals surface area contributed by atoms with Gasteiger partial charge in [0.2, 0.25) is 0 Å². The van der Waals surface area contributed by atoms with Crippen LogP contribution >= 0.6 is 11.6 Å². The largest absolute Gasteiger partial charge is 0.444 e. The molecule has 0 aromatic carbocycles. The zero-order valence-electron chi connectivity index (χ0n) is 21.0. The molecule has 4 aliphatic carbocycles. The number of ether oxygens (including phenoxy) is 1. The smallest absolute Gasteiger partial charge is 0.410 e. The third-order valence-corrected chi connectivity index (χ3v) is 7.88. The van der Waals surface area contributed by atoms with Gasteiger partial charge in [0.1, 0.15) is 5.60 Å². The number of nitrogens with zero attached hydrogens (tertiary/aromatic N) is 2.